The maximum absolute atomic E-state index is 11.7. The number of rotatable bonds is 7. The molecule has 0 aliphatic rings. The van der Waals surface area contributed by atoms with Crippen molar-refractivity contribution in [3.05, 3.63) is 29.3 Å². The lowest BCUT2D eigenvalue weighted by Crippen LogP contribution is -2.34. The van der Waals surface area contributed by atoms with Gasteiger partial charge in [-0.15, -0.1) is 0 Å². The van der Waals surface area contributed by atoms with Crippen molar-refractivity contribution in [2.75, 3.05) is 6.61 Å². The molecule has 1 aromatic carbocycles. The van der Waals surface area contributed by atoms with Crippen molar-refractivity contribution >= 4 is 5.91 Å². The standard InChI is InChI=1S/C16H25NO2/c1-5-14(6-2)17-16(18)9-10-19-15-11-12(3)7-8-13(15)4/h7-8,11,14H,5-6,9-10H2,1-4H3,(H,17,18). The lowest BCUT2D eigenvalue weighted by molar-refractivity contribution is -0.122. The van der Waals surface area contributed by atoms with Gasteiger partial charge in [-0.1, -0.05) is 26.0 Å². The van der Waals surface area contributed by atoms with Crippen molar-refractivity contribution in [3.8, 4) is 5.75 Å². The van der Waals surface area contributed by atoms with Crippen LogP contribution < -0.4 is 10.1 Å². The summed E-state index contributed by atoms with van der Waals surface area (Å²) < 4.78 is 5.68. The van der Waals surface area contributed by atoms with E-state index in [0.29, 0.717) is 13.0 Å². The molecule has 0 saturated heterocycles. The fourth-order valence-electron chi connectivity index (χ4n) is 1.91. The van der Waals surface area contributed by atoms with Gasteiger partial charge in [0.2, 0.25) is 5.91 Å². The molecule has 0 aliphatic heterocycles. The van der Waals surface area contributed by atoms with Gasteiger partial charge in [-0.05, 0) is 43.9 Å². The summed E-state index contributed by atoms with van der Waals surface area (Å²) in [5, 5.41) is 3.01. The summed E-state index contributed by atoms with van der Waals surface area (Å²) >= 11 is 0. The number of carbonyl (C=O) groups excluding carboxylic acids is 1. The molecule has 0 saturated carbocycles. The average molecular weight is 263 g/mol. The van der Waals surface area contributed by atoms with E-state index in [1.807, 2.05) is 26.0 Å². The lowest BCUT2D eigenvalue weighted by atomic mass is 10.1. The van der Waals surface area contributed by atoms with Gasteiger partial charge >= 0.3 is 0 Å². The van der Waals surface area contributed by atoms with Crippen LogP contribution in [0.3, 0.4) is 0 Å². The van der Waals surface area contributed by atoms with Crippen molar-refractivity contribution in [2.45, 2.75) is 53.0 Å². The minimum Gasteiger partial charge on any atom is -0.493 e. The summed E-state index contributed by atoms with van der Waals surface area (Å²) in [6.45, 7) is 8.64. The monoisotopic (exact) mass is 263 g/mol. The Morgan fingerprint density at radius 2 is 1.95 bits per heavy atom. The Morgan fingerprint density at radius 1 is 1.26 bits per heavy atom. The van der Waals surface area contributed by atoms with Crippen molar-refractivity contribution < 1.29 is 9.53 Å². The van der Waals surface area contributed by atoms with E-state index < -0.39 is 0 Å². The van der Waals surface area contributed by atoms with Crippen molar-refractivity contribution in [1.82, 2.24) is 5.32 Å². The van der Waals surface area contributed by atoms with Crippen molar-refractivity contribution in [1.29, 1.82) is 0 Å². The molecular formula is C16H25NO2. The first kappa shape index (κ1) is 15.5. The third kappa shape index (κ3) is 5.33. The van der Waals surface area contributed by atoms with Gasteiger partial charge < -0.3 is 10.1 Å². The summed E-state index contributed by atoms with van der Waals surface area (Å²) in [5.41, 5.74) is 2.27. The predicted molar refractivity (Wildman–Crippen MR) is 78.5 cm³/mol. The van der Waals surface area contributed by atoms with Crippen LogP contribution in [0, 0.1) is 13.8 Å². The summed E-state index contributed by atoms with van der Waals surface area (Å²) in [6, 6.07) is 6.39. The van der Waals surface area contributed by atoms with E-state index in [-0.39, 0.29) is 11.9 Å². The molecule has 19 heavy (non-hydrogen) atoms. The average Bonchev–Trinajstić information content (AvgIpc) is 2.40. The fraction of sp³-hybridized carbons (Fsp3) is 0.562. The summed E-state index contributed by atoms with van der Waals surface area (Å²) in [6.07, 6.45) is 2.35. The minimum absolute atomic E-state index is 0.0685. The molecule has 0 aromatic heterocycles. The van der Waals surface area contributed by atoms with Crippen LogP contribution in [-0.4, -0.2) is 18.6 Å². The zero-order chi connectivity index (χ0) is 14.3. The lowest BCUT2D eigenvalue weighted by Gasteiger charge is -2.15. The first-order valence-electron chi connectivity index (χ1n) is 7.06. The largest absolute Gasteiger partial charge is 0.493 e. The Bertz CT molecular complexity index is 411. The Morgan fingerprint density at radius 3 is 2.58 bits per heavy atom. The highest BCUT2D eigenvalue weighted by atomic mass is 16.5. The first-order valence-corrected chi connectivity index (χ1v) is 7.06. The second-order valence-electron chi connectivity index (χ2n) is 4.95. The zero-order valence-corrected chi connectivity index (χ0v) is 12.5. The van der Waals surface area contributed by atoms with Gasteiger partial charge in [-0.3, -0.25) is 4.79 Å². The SMILES string of the molecule is CCC(CC)NC(=O)CCOc1cc(C)ccc1C. The molecule has 0 fully saturated rings. The molecule has 0 atom stereocenters. The van der Waals surface area contributed by atoms with Crippen LogP contribution in [0.1, 0.15) is 44.2 Å². The maximum atomic E-state index is 11.7. The maximum Gasteiger partial charge on any atom is 0.223 e. The number of hydrogen-bond donors (Lipinski definition) is 1. The smallest absolute Gasteiger partial charge is 0.223 e. The van der Waals surface area contributed by atoms with Gasteiger partial charge in [0.05, 0.1) is 13.0 Å². The van der Waals surface area contributed by atoms with Crippen LogP contribution in [0.4, 0.5) is 0 Å². The topological polar surface area (TPSA) is 38.3 Å². The van der Waals surface area contributed by atoms with Crippen LogP contribution in [0.2, 0.25) is 0 Å². The molecule has 3 heteroatoms. The first-order chi connectivity index (χ1) is 9.06. The van der Waals surface area contributed by atoms with Crippen molar-refractivity contribution in [2.24, 2.45) is 0 Å². The minimum atomic E-state index is 0.0685. The van der Waals surface area contributed by atoms with Gasteiger partial charge in [0.1, 0.15) is 5.75 Å². The molecular weight excluding hydrogens is 238 g/mol. The summed E-state index contributed by atoms with van der Waals surface area (Å²) in [4.78, 5) is 11.7. The predicted octanol–water partition coefficient (Wildman–Crippen LogP) is 3.38. The van der Waals surface area contributed by atoms with Gasteiger partial charge in [-0.25, -0.2) is 0 Å². The van der Waals surface area contributed by atoms with Crippen LogP contribution >= 0.6 is 0 Å². The van der Waals surface area contributed by atoms with E-state index >= 15 is 0 Å². The molecule has 1 rings (SSSR count). The van der Waals surface area contributed by atoms with E-state index in [9.17, 15) is 4.79 Å². The van der Waals surface area contributed by atoms with E-state index in [2.05, 4.69) is 25.2 Å². The molecule has 1 amide bonds. The fourth-order valence-corrected chi connectivity index (χ4v) is 1.91. The highest BCUT2D eigenvalue weighted by molar-refractivity contribution is 5.76. The molecule has 0 spiro atoms. The number of aryl methyl sites for hydroxylation is 2. The third-order valence-electron chi connectivity index (χ3n) is 3.28. The molecule has 0 radical (unpaired) electrons. The number of hydrogen-bond acceptors (Lipinski definition) is 2. The molecule has 0 heterocycles. The Kier molecular flexibility index (Phi) is 6.40. The van der Waals surface area contributed by atoms with E-state index in [1.165, 1.54) is 5.56 Å². The second-order valence-corrected chi connectivity index (χ2v) is 4.95. The number of amides is 1. The molecule has 1 aromatic rings. The molecule has 1 N–H and O–H groups in total. The van der Waals surface area contributed by atoms with Gasteiger partial charge in [0.25, 0.3) is 0 Å². The number of nitrogens with one attached hydrogen (secondary N) is 1. The Labute approximate surface area is 116 Å². The number of carbonyl (C=O) groups is 1. The molecule has 3 nitrogen and oxygen atoms in total. The Balaban J connectivity index is 2.37. The summed E-state index contributed by atoms with van der Waals surface area (Å²) in [5.74, 6) is 0.939. The van der Waals surface area contributed by atoms with E-state index in [1.54, 1.807) is 0 Å². The van der Waals surface area contributed by atoms with Crippen molar-refractivity contribution in [3.63, 3.8) is 0 Å². The number of ether oxygens (including phenoxy) is 1. The molecule has 0 aliphatic carbocycles. The molecule has 106 valence electrons. The molecule has 0 unspecified atom stereocenters. The zero-order valence-electron chi connectivity index (χ0n) is 12.5. The van der Waals surface area contributed by atoms with Crippen LogP contribution in [0.15, 0.2) is 18.2 Å². The van der Waals surface area contributed by atoms with E-state index in [4.69, 9.17) is 4.74 Å². The summed E-state index contributed by atoms with van der Waals surface area (Å²) in [7, 11) is 0. The van der Waals surface area contributed by atoms with Crippen LogP contribution in [-0.2, 0) is 4.79 Å². The second kappa shape index (κ2) is 7.82. The van der Waals surface area contributed by atoms with Gasteiger partial charge in [0, 0.05) is 6.04 Å². The third-order valence-corrected chi connectivity index (χ3v) is 3.28. The Hall–Kier alpha value is -1.51. The highest BCUT2D eigenvalue weighted by Gasteiger charge is 2.08. The van der Waals surface area contributed by atoms with E-state index in [0.717, 1.165) is 24.2 Å². The quantitative estimate of drug-likeness (QED) is 0.819. The van der Waals surface area contributed by atoms with Crippen LogP contribution in [0.25, 0.3) is 0 Å². The van der Waals surface area contributed by atoms with Crippen LogP contribution in [0.5, 0.6) is 5.75 Å². The number of benzene rings is 1. The van der Waals surface area contributed by atoms with Gasteiger partial charge in [-0.2, -0.15) is 0 Å². The normalized spacial score (nSPS) is 10.6. The molecule has 0 bridgehead atoms. The highest BCUT2D eigenvalue weighted by Crippen LogP contribution is 2.19. The van der Waals surface area contributed by atoms with Gasteiger partial charge in [0.15, 0.2) is 0 Å².